The van der Waals surface area contributed by atoms with Crippen LogP contribution >= 0.6 is 0 Å². The van der Waals surface area contributed by atoms with Crippen molar-refractivity contribution in [2.45, 2.75) is 53.1 Å². The van der Waals surface area contributed by atoms with Crippen LogP contribution in [0.15, 0.2) is 6.20 Å². The third kappa shape index (κ3) is 4.49. The lowest BCUT2D eigenvalue weighted by Crippen LogP contribution is -2.29. The molecule has 2 rings (SSSR count). The number of fused-ring (bicyclic) bond motifs is 1. The van der Waals surface area contributed by atoms with Crippen LogP contribution in [0.1, 0.15) is 50.7 Å². The molecule has 1 aromatic heterocycles. The topological polar surface area (TPSA) is 55.3 Å². The summed E-state index contributed by atoms with van der Waals surface area (Å²) in [7, 11) is 0. The van der Waals surface area contributed by atoms with Crippen LogP contribution in [0, 0.1) is 5.92 Å². The van der Waals surface area contributed by atoms with Crippen LogP contribution < -0.4 is 0 Å². The van der Waals surface area contributed by atoms with Gasteiger partial charge in [0, 0.05) is 31.3 Å². The molecule has 0 spiro atoms. The molecule has 2 heterocycles. The summed E-state index contributed by atoms with van der Waals surface area (Å²) in [5.41, 5.74) is 2.05. The summed E-state index contributed by atoms with van der Waals surface area (Å²) in [5, 5.41) is 0. The van der Waals surface area contributed by atoms with Gasteiger partial charge < -0.3 is 9.64 Å². The molecule has 0 saturated heterocycles. The normalized spacial score (nSPS) is 13.8. The third-order valence-corrected chi connectivity index (χ3v) is 3.52. The van der Waals surface area contributed by atoms with Crippen LogP contribution in [-0.4, -0.2) is 34.0 Å². The molecule has 5 nitrogen and oxygen atoms in total. The number of nitrogens with zero attached hydrogens (tertiary/aromatic N) is 3. The van der Waals surface area contributed by atoms with E-state index >= 15 is 0 Å². The second kappa shape index (κ2) is 7.50. The van der Waals surface area contributed by atoms with Gasteiger partial charge in [0.05, 0.1) is 12.2 Å². The zero-order valence-electron chi connectivity index (χ0n) is 13.3. The fourth-order valence-corrected chi connectivity index (χ4v) is 2.33. The number of hydrogen-bond acceptors (Lipinski definition) is 4. The fraction of sp³-hybridized carbons (Fsp3) is 0.688. The van der Waals surface area contributed by atoms with E-state index in [1.165, 1.54) is 0 Å². The van der Waals surface area contributed by atoms with E-state index in [0.717, 1.165) is 36.3 Å². The first kappa shape index (κ1) is 15.9. The van der Waals surface area contributed by atoms with E-state index < -0.39 is 0 Å². The van der Waals surface area contributed by atoms with E-state index in [1.54, 1.807) is 4.90 Å². The van der Waals surface area contributed by atoms with Crippen LogP contribution in [0.4, 0.5) is 0 Å². The molecule has 0 atom stereocenters. The molecule has 0 fully saturated rings. The zero-order chi connectivity index (χ0) is 15.2. The maximum atomic E-state index is 12.1. The average molecular weight is 291 g/mol. The van der Waals surface area contributed by atoms with Crippen molar-refractivity contribution in [2.75, 3.05) is 13.2 Å². The molecular formula is C16H25N3O2. The molecule has 1 aliphatic heterocycles. The number of rotatable bonds is 7. The quantitative estimate of drug-likeness (QED) is 0.724. The van der Waals surface area contributed by atoms with E-state index in [2.05, 4.69) is 30.7 Å². The van der Waals surface area contributed by atoms with Crippen LogP contribution in [-0.2, 0) is 29.0 Å². The van der Waals surface area contributed by atoms with E-state index in [-0.39, 0.29) is 12.5 Å². The molecular weight excluding hydrogens is 266 g/mol. The monoisotopic (exact) mass is 291 g/mol. The molecule has 0 aliphatic carbocycles. The van der Waals surface area contributed by atoms with Gasteiger partial charge in [-0.2, -0.15) is 0 Å². The molecule has 0 saturated carbocycles. The second-order valence-corrected chi connectivity index (χ2v) is 6.01. The molecule has 1 aromatic rings. The molecule has 0 bridgehead atoms. The summed E-state index contributed by atoms with van der Waals surface area (Å²) in [6.45, 7) is 8.42. The Balaban J connectivity index is 1.88. The summed E-state index contributed by atoms with van der Waals surface area (Å²) < 4.78 is 5.40. The van der Waals surface area contributed by atoms with Gasteiger partial charge in [-0.1, -0.05) is 27.2 Å². The predicted molar refractivity (Wildman–Crippen MR) is 80.6 cm³/mol. The van der Waals surface area contributed by atoms with E-state index in [1.807, 2.05) is 6.20 Å². The Kier molecular flexibility index (Phi) is 5.67. The summed E-state index contributed by atoms with van der Waals surface area (Å²) in [4.78, 5) is 22.9. The van der Waals surface area contributed by atoms with Gasteiger partial charge in [-0.05, 0) is 12.3 Å². The van der Waals surface area contributed by atoms with Crippen molar-refractivity contribution in [1.29, 1.82) is 0 Å². The Bertz CT molecular complexity index is 488. The van der Waals surface area contributed by atoms with E-state index in [9.17, 15) is 4.79 Å². The highest BCUT2D eigenvalue weighted by atomic mass is 16.5. The molecule has 5 heteroatoms. The van der Waals surface area contributed by atoms with Crippen molar-refractivity contribution >= 4 is 5.91 Å². The SMILES string of the molecule is CCCCOCC(=O)N1Cc2cnc(CC(C)C)nc2C1. The van der Waals surface area contributed by atoms with Crippen molar-refractivity contribution in [3.63, 3.8) is 0 Å². The van der Waals surface area contributed by atoms with Gasteiger partial charge in [-0.15, -0.1) is 0 Å². The highest BCUT2D eigenvalue weighted by molar-refractivity contribution is 5.78. The van der Waals surface area contributed by atoms with Crippen LogP contribution in [0.5, 0.6) is 0 Å². The Morgan fingerprint density at radius 3 is 2.95 bits per heavy atom. The number of carbonyl (C=O) groups excluding carboxylic acids is 1. The fourth-order valence-electron chi connectivity index (χ4n) is 2.33. The maximum absolute atomic E-state index is 12.1. The lowest BCUT2D eigenvalue weighted by atomic mass is 10.1. The number of carbonyl (C=O) groups is 1. The number of amides is 1. The molecule has 116 valence electrons. The lowest BCUT2D eigenvalue weighted by Gasteiger charge is -2.14. The summed E-state index contributed by atoms with van der Waals surface area (Å²) in [6.07, 6.45) is 4.82. The zero-order valence-corrected chi connectivity index (χ0v) is 13.3. The number of aromatic nitrogens is 2. The largest absolute Gasteiger partial charge is 0.372 e. The van der Waals surface area contributed by atoms with Crippen molar-refractivity contribution < 1.29 is 9.53 Å². The standard InChI is InChI=1S/C16H25N3O2/c1-4-5-6-21-11-16(20)19-9-13-8-17-15(7-12(2)3)18-14(13)10-19/h8,12H,4-7,9-11H2,1-3H3. The maximum Gasteiger partial charge on any atom is 0.249 e. The van der Waals surface area contributed by atoms with Gasteiger partial charge in [0.25, 0.3) is 0 Å². The predicted octanol–water partition coefficient (Wildman–Crippen LogP) is 2.33. The Morgan fingerprint density at radius 1 is 1.43 bits per heavy atom. The first-order valence-electron chi connectivity index (χ1n) is 7.79. The van der Waals surface area contributed by atoms with Crippen molar-refractivity contribution in [3.05, 3.63) is 23.3 Å². The summed E-state index contributed by atoms with van der Waals surface area (Å²) >= 11 is 0. The minimum atomic E-state index is 0.0366. The first-order valence-corrected chi connectivity index (χ1v) is 7.79. The molecule has 21 heavy (non-hydrogen) atoms. The number of hydrogen-bond donors (Lipinski definition) is 0. The molecule has 0 N–H and O–H groups in total. The van der Waals surface area contributed by atoms with Crippen LogP contribution in [0.3, 0.4) is 0 Å². The van der Waals surface area contributed by atoms with Gasteiger partial charge >= 0.3 is 0 Å². The van der Waals surface area contributed by atoms with E-state index in [4.69, 9.17) is 4.74 Å². The molecule has 0 aromatic carbocycles. The highest BCUT2D eigenvalue weighted by Gasteiger charge is 2.25. The highest BCUT2D eigenvalue weighted by Crippen LogP contribution is 2.21. The minimum absolute atomic E-state index is 0.0366. The molecule has 1 amide bonds. The first-order chi connectivity index (χ1) is 10.1. The number of ether oxygens (including phenoxy) is 1. The number of unbranched alkanes of at least 4 members (excludes halogenated alkanes) is 1. The Morgan fingerprint density at radius 2 is 2.24 bits per heavy atom. The smallest absolute Gasteiger partial charge is 0.249 e. The van der Waals surface area contributed by atoms with Crippen molar-refractivity contribution in [1.82, 2.24) is 14.9 Å². The Labute approximate surface area is 126 Å². The Hall–Kier alpha value is -1.49. The summed E-state index contributed by atoms with van der Waals surface area (Å²) in [5.74, 6) is 1.45. The molecule has 0 unspecified atom stereocenters. The summed E-state index contributed by atoms with van der Waals surface area (Å²) in [6, 6.07) is 0. The van der Waals surface area contributed by atoms with Crippen molar-refractivity contribution in [3.8, 4) is 0 Å². The average Bonchev–Trinajstić information content (AvgIpc) is 2.86. The molecule has 1 aliphatic rings. The van der Waals surface area contributed by atoms with Gasteiger partial charge in [0.2, 0.25) is 5.91 Å². The van der Waals surface area contributed by atoms with Crippen LogP contribution in [0.25, 0.3) is 0 Å². The third-order valence-electron chi connectivity index (χ3n) is 3.52. The van der Waals surface area contributed by atoms with E-state index in [0.29, 0.717) is 25.6 Å². The van der Waals surface area contributed by atoms with Gasteiger partial charge in [-0.25, -0.2) is 9.97 Å². The second-order valence-electron chi connectivity index (χ2n) is 6.01. The van der Waals surface area contributed by atoms with Gasteiger partial charge in [-0.3, -0.25) is 4.79 Å². The van der Waals surface area contributed by atoms with Crippen molar-refractivity contribution in [2.24, 2.45) is 5.92 Å². The molecule has 0 radical (unpaired) electrons. The van der Waals surface area contributed by atoms with Gasteiger partial charge in [0.1, 0.15) is 12.4 Å². The van der Waals surface area contributed by atoms with Gasteiger partial charge in [0.15, 0.2) is 0 Å². The lowest BCUT2D eigenvalue weighted by molar-refractivity contribution is -0.136. The minimum Gasteiger partial charge on any atom is -0.372 e. The van der Waals surface area contributed by atoms with Crippen LogP contribution in [0.2, 0.25) is 0 Å².